The lowest BCUT2D eigenvalue weighted by Gasteiger charge is -2.61. The maximum atomic E-state index is 13.3. The van der Waals surface area contributed by atoms with Gasteiger partial charge in [-0.2, -0.15) is 0 Å². The van der Waals surface area contributed by atoms with Crippen molar-refractivity contribution in [2.75, 3.05) is 0 Å². The molecule has 2 saturated carbocycles. The molecule has 1 aromatic carbocycles. The maximum Gasteiger partial charge on any atom is 0.331 e. The lowest BCUT2D eigenvalue weighted by atomic mass is 9.48. The molecule has 0 aliphatic heterocycles. The van der Waals surface area contributed by atoms with Crippen LogP contribution in [0, 0.1) is 16.7 Å². The van der Waals surface area contributed by atoms with E-state index in [9.17, 15) is 29.4 Å². The number of aliphatic hydroxyl groups is 2. The zero-order valence-electron chi connectivity index (χ0n) is 25.0. The van der Waals surface area contributed by atoms with E-state index in [2.05, 4.69) is 6.58 Å². The molecule has 0 spiro atoms. The fourth-order valence-electron chi connectivity index (χ4n) is 7.27. The van der Waals surface area contributed by atoms with Gasteiger partial charge in [0.1, 0.15) is 17.8 Å². The second-order valence-electron chi connectivity index (χ2n) is 12.5. The van der Waals surface area contributed by atoms with E-state index in [1.54, 1.807) is 33.8 Å². The second-order valence-corrected chi connectivity index (χ2v) is 12.5. The van der Waals surface area contributed by atoms with Crippen LogP contribution >= 0.6 is 0 Å². The van der Waals surface area contributed by atoms with Gasteiger partial charge in [0, 0.05) is 43.1 Å². The smallest absolute Gasteiger partial charge is 0.331 e. The monoisotopic (exact) mass is 580 g/mol. The molecular weight excluding hydrogens is 540 g/mol. The van der Waals surface area contributed by atoms with Gasteiger partial charge in [-0.05, 0) is 48.1 Å². The fraction of sp³-hybridized carbons (Fsp3) is 0.515. The lowest BCUT2D eigenvalue weighted by Crippen LogP contribution is -2.70. The van der Waals surface area contributed by atoms with Crippen molar-refractivity contribution in [3.8, 4) is 0 Å². The molecule has 9 heteroatoms. The molecule has 9 nitrogen and oxygen atoms in total. The Morgan fingerprint density at radius 3 is 2.24 bits per heavy atom. The molecule has 1 aromatic rings. The number of esters is 3. The Hall–Kier alpha value is -3.56. The van der Waals surface area contributed by atoms with E-state index >= 15 is 0 Å². The zero-order chi connectivity index (χ0) is 31.2. The van der Waals surface area contributed by atoms with Crippen molar-refractivity contribution in [2.24, 2.45) is 16.7 Å². The highest BCUT2D eigenvalue weighted by Crippen LogP contribution is 2.61. The van der Waals surface area contributed by atoms with Crippen LogP contribution < -0.4 is 0 Å². The molecule has 0 aromatic heterocycles. The average Bonchev–Trinajstić information content (AvgIpc) is 2.90. The Labute approximate surface area is 246 Å². The predicted octanol–water partition coefficient (Wildman–Crippen LogP) is 3.87. The van der Waals surface area contributed by atoms with Crippen molar-refractivity contribution < 1.29 is 43.6 Å². The van der Waals surface area contributed by atoms with E-state index in [1.807, 2.05) is 30.3 Å². The van der Waals surface area contributed by atoms with Crippen LogP contribution in [-0.2, 0) is 33.4 Å². The molecule has 0 unspecified atom stereocenters. The quantitative estimate of drug-likeness (QED) is 0.230. The van der Waals surface area contributed by atoms with E-state index in [-0.39, 0.29) is 24.8 Å². The van der Waals surface area contributed by atoms with Crippen molar-refractivity contribution in [2.45, 2.75) is 90.8 Å². The van der Waals surface area contributed by atoms with Crippen LogP contribution in [-0.4, -0.2) is 63.9 Å². The molecule has 3 aliphatic rings. The first kappa shape index (κ1) is 31.4. The third kappa shape index (κ3) is 5.24. The summed E-state index contributed by atoms with van der Waals surface area (Å²) in [6.07, 6.45) is -1.72. The van der Waals surface area contributed by atoms with Crippen LogP contribution in [0.4, 0.5) is 0 Å². The average molecular weight is 581 g/mol. The van der Waals surface area contributed by atoms with Gasteiger partial charge >= 0.3 is 17.9 Å². The molecule has 226 valence electrons. The lowest BCUT2D eigenvalue weighted by molar-refractivity contribution is -0.227. The van der Waals surface area contributed by atoms with Crippen molar-refractivity contribution in [1.82, 2.24) is 0 Å². The van der Waals surface area contributed by atoms with Gasteiger partial charge in [0.15, 0.2) is 11.9 Å². The van der Waals surface area contributed by atoms with Gasteiger partial charge in [-0.1, -0.05) is 57.7 Å². The minimum Gasteiger partial charge on any atom is -0.458 e. The molecular formula is C33H40O9. The molecule has 4 rings (SSSR count). The largest absolute Gasteiger partial charge is 0.458 e. The molecule has 2 N–H and O–H groups in total. The maximum absolute atomic E-state index is 13.3. The van der Waals surface area contributed by atoms with Gasteiger partial charge in [-0.3, -0.25) is 14.4 Å². The van der Waals surface area contributed by atoms with Crippen LogP contribution in [0.1, 0.15) is 66.4 Å². The van der Waals surface area contributed by atoms with Gasteiger partial charge in [0.2, 0.25) is 0 Å². The molecule has 7 atom stereocenters. The van der Waals surface area contributed by atoms with Gasteiger partial charge in [-0.15, -0.1) is 0 Å². The number of ether oxygens (including phenoxy) is 3. The number of hydrogen-bond acceptors (Lipinski definition) is 9. The van der Waals surface area contributed by atoms with Crippen LogP contribution in [0.3, 0.4) is 0 Å². The summed E-state index contributed by atoms with van der Waals surface area (Å²) in [4.78, 5) is 51.1. The van der Waals surface area contributed by atoms with Gasteiger partial charge in [0.05, 0.1) is 6.10 Å². The number of aliphatic hydroxyl groups excluding tert-OH is 1. The van der Waals surface area contributed by atoms with Crippen LogP contribution in [0.2, 0.25) is 0 Å². The van der Waals surface area contributed by atoms with E-state index in [0.717, 1.165) is 5.56 Å². The first-order valence-electron chi connectivity index (χ1n) is 14.2. The summed E-state index contributed by atoms with van der Waals surface area (Å²) in [5.41, 5.74) is -2.74. The predicted molar refractivity (Wildman–Crippen MR) is 153 cm³/mol. The van der Waals surface area contributed by atoms with Gasteiger partial charge in [-0.25, -0.2) is 4.79 Å². The first-order chi connectivity index (χ1) is 19.5. The SMILES string of the molecule is C=C1[C@@H](OC(=O)/C=C/c2ccccc2)CC[C@@]2(C)[C@@H](OC(C)=O)[C@H](OC(C)=O)C3=C(C)C(=O)C[C@@](O)([C@@H](O)[C@H]12)C3(C)C. The number of fused-ring (bicyclic) bond motifs is 3. The van der Waals surface area contributed by atoms with E-state index in [1.165, 1.54) is 19.9 Å². The highest BCUT2D eigenvalue weighted by atomic mass is 16.6. The topological polar surface area (TPSA) is 136 Å². The Bertz CT molecular complexity index is 1360. The van der Waals surface area contributed by atoms with E-state index in [4.69, 9.17) is 14.2 Å². The summed E-state index contributed by atoms with van der Waals surface area (Å²) < 4.78 is 17.5. The Kier molecular flexibility index (Phi) is 8.41. The van der Waals surface area contributed by atoms with Crippen LogP contribution in [0.25, 0.3) is 6.08 Å². The minimum atomic E-state index is -2.01. The molecule has 2 bridgehead atoms. The minimum absolute atomic E-state index is 0.251. The number of hydrogen-bond donors (Lipinski definition) is 2. The zero-order valence-corrected chi connectivity index (χ0v) is 25.0. The number of benzene rings is 1. The molecule has 0 amide bonds. The standard InChI is InChI=1S/C33H40O9/c1-18-23(36)17-33(39)29(38)27-19(2)24(42-25(37)14-13-22-11-9-8-10-12-22)15-16-32(27,7)30(41-21(4)35)28(40-20(3)34)26(18)31(33,5)6/h8-14,24,27-30,38-39H,2,15-17H2,1,3-7H3/b14-13+/t24-,27-,28+,29-,30-,32+,33+/m0/s1. The third-order valence-electron chi connectivity index (χ3n) is 9.55. The first-order valence-corrected chi connectivity index (χ1v) is 14.2. The summed E-state index contributed by atoms with van der Waals surface area (Å²) >= 11 is 0. The van der Waals surface area contributed by atoms with Crippen molar-refractivity contribution in [3.05, 3.63) is 65.3 Å². The summed E-state index contributed by atoms with van der Waals surface area (Å²) in [6, 6.07) is 9.23. The number of Topliss-reactive ketones (excluding diaryl/α,β-unsaturated/α-hetero) is 1. The molecule has 2 fully saturated rings. The number of allylic oxidation sites excluding steroid dienone is 1. The Morgan fingerprint density at radius 2 is 1.64 bits per heavy atom. The van der Waals surface area contributed by atoms with Crippen molar-refractivity contribution in [3.63, 3.8) is 0 Å². The Balaban J connectivity index is 1.82. The molecule has 0 heterocycles. The van der Waals surface area contributed by atoms with Crippen molar-refractivity contribution in [1.29, 1.82) is 0 Å². The normalized spacial score (nSPS) is 34.2. The molecule has 42 heavy (non-hydrogen) atoms. The summed E-state index contributed by atoms with van der Waals surface area (Å²) in [5, 5.41) is 24.3. The van der Waals surface area contributed by atoms with Crippen molar-refractivity contribution >= 4 is 29.8 Å². The number of carbonyl (C=O) groups excluding carboxylic acids is 4. The molecule has 0 saturated heterocycles. The Morgan fingerprint density at radius 1 is 1.02 bits per heavy atom. The van der Waals surface area contributed by atoms with E-state index < -0.39 is 70.5 Å². The second kappa shape index (κ2) is 11.3. The highest BCUT2D eigenvalue weighted by molar-refractivity contribution is 5.98. The number of carbonyl (C=O) groups is 4. The van der Waals surface area contributed by atoms with Gasteiger partial charge < -0.3 is 24.4 Å². The summed E-state index contributed by atoms with van der Waals surface area (Å²) in [5.74, 6) is -3.37. The number of ketones is 1. The molecule has 3 aliphatic carbocycles. The fourth-order valence-corrected chi connectivity index (χ4v) is 7.27. The molecule has 0 radical (unpaired) electrons. The summed E-state index contributed by atoms with van der Waals surface area (Å²) in [6.45, 7) is 13.4. The van der Waals surface area contributed by atoms with Gasteiger partial charge in [0.25, 0.3) is 0 Å². The third-order valence-corrected chi connectivity index (χ3v) is 9.55. The highest BCUT2D eigenvalue weighted by Gasteiger charge is 2.68. The van der Waals surface area contributed by atoms with Crippen LogP contribution in [0.15, 0.2) is 59.7 Å². The van der Waals surface area contributed by atoms with Crippen LogP contribution in [0.5, 0.6) is 0 Å². The van der Waals surface area contributed by atoms with E-state index in [0.29, 0.717) is 11.1 Å². The summed E-state index contributed by atoms with van der Waals surface area (Å²) in [7, 11) is 0. The number of rotatable bonds is 5.